The van der Waals surface area contributed by atoms with Gasteiger partial charge in [0.2, 0.25) is 0 Å². The van der Waals surface area contributed by atoms with Crippen molar-refractivity contribution < 1.29 is 9.90 Å². The summed E-state index contributed by atoms with van der Waals surface area (Å²) in [4.78, 5) is 10.6. The van der Waals surface area contributed by atoms with Crippen molar-refractivity contribution in [1.82, 2.24) is 24.5 Å². The molecule has 0 saturated heterocycles. The van der Waals surface area contributed by atoms with Crippen molar-refractivity contribution >= 4 is 17.7 Å². The summed E-state index contributed by atoms with van der Waals surface area (Å²) in [6.07, 6.45) is 0. The molecule has 7 nitrogen and oxygen atoms in total. The van der Waals surface area contributed by atoms with Crippen LogP contribution < -0.4 is 0 Å². The zero-order valence-corrected chi connectivity index (χ0v) is 12.0. The van der Waals surface area contributed by atoms with Crippen LogP contribution in [0.1, 0.15) is 11.4 Å². The second-order valence-corrected chi connectivity index (χ2v) is 5.16. The molecule has 8 heteroatoms. The average molecular weight is 281 g/mol. The first-order valence-electron chi connectivity index (χ1n) is 5.66. The van der Waals surface area contributed by atoms with Gasteiger partial charge < -0.3 is 9.67 Å². The number of carboxylic acid groups (broad SMARTS) is 1. The number of hydrogen-bond acceptors (Lipinski definition) is 5. The molecule has 2 aromatic rings. The van der Waals surface area contributed by atoms with E-state index in [0.717, 1.165) is 28.7 Å². The fraction of sp³-hybridized carbons (Fsp3) is 0.455. The highest BCUT2D eigenvalue weighted by Gasteiger charge is 2.19. The van der Waals surface area contributed by atoms with Gasteiger partial charge in [0.05, 0.1) is 17.0 Å². The number of aromatic nitrogens is 5. The van der Waals surface area contributed by atoms with Crippen LogP contribution in [0.5, 0.6) is 0 Å². The average Bonchev–Trinajstić information content (AvgIpc) is 2.79. The van der Waals surface area contributed by atoms with E-state index in [0.29, 0.717) is 11.0 Å². The second kappa shape index (κ2) is 5.04. The van der Waals surface area contributed by atoms with Crippen LogP contribution in [0.2, 0.25) is 0 Å². The summed E-state index contributed by atoms with van der Waals surface area (Å²) in [5.41, 5.74) is 2.83. The Bertz CT molecular complexity index is 631. The van der Waals surface area contributed by atoms with E-state index < -0.39 is 5.97 Å². The van der Waals surface area contributed by atoms with Crippen molar-refractivity contribution in [2.75, 3.05) is 5.75 Å². The van der Waals surface area contributed by atoms with Crippen molar-refractivity contribution in [1.29, 1.82) is 0 Å². The van der Waals surface area contributed by atoms with E-state index in [-0.39, 0.29) is 5.75 Å². The summed E-state index contributed by atoms with van der Waals surface area (Å²) in [5.74, 6) is -0.198. The lowest BCUT2D eigenvalue weighted by molar-refractivity contribution is -0.133. The molecule has 0 aromatic carbocycles. The maximum atomic E-state index is 10.6. The molecule has 0 saturated carbocycles. The Labute approximate surface area is 114 Å². The maximum Gasteiger partial charge on any atom is 0.313 e. The Morgan fingerprint density at radius 1 is 1.32 bits per heavy atom. The Hall–Kier alpha value is -1.83. The molecule has 0 aliphatic heterocycles. The van der Waals surface area contributed by atoms with Crippen LogP contribution in [-0.4, -0.2) is 41.4 Å². The lowest BCUT2D eigenvalue weighted by Crippen LogP contribution is -2.01. The molecule has 0 amide bonds. The monoisotopic (exact) mass is 281 g/mol. The van der Waals surface area contributed by atoms with E-state index in [1.54, 1.807) is 9.25 Å². The molecule has 0 aliphatic carbocycles. The van der Waals surface area contributed by atoms with E-state index >= 15 is 0 Å². The summed E-state index contributed by atoms with van der Waals surface area (Å²) >= 11 is 1.15. The van der Waals surface area contributed by atoms with Gasteiger partial charge in [0.25, 0.3) is 0 Å². The summed E-state index contributed by atoms with van der Waals surface area (Å²) in [6, 6.07) is 0. The Kier molecular flexibility index (Phi) is 3.61. The molecule has 1 N–H and O–H groups in total. The fourth-order valence-corrected chi connectivity index (χ4v) is 2.51. The number of nitrogens with zero attached hydrogens (tertiary/aromatic N) is 5. The molecule has 2 rings (SSSR count). The Balaban J connectivity index is 2.39. The van der Waals surface area contributed by atoms with Gasteiger partial charge in [-0.05, 0) is 13.8 Å². The predicted octanol–water partition coefficient (Wildman–Crippen LogP) is 1.01. The molecule has 0 atom stereocenters. The highest BCUT2D eigenvalue weighted by molar-refractivity contribution is 7.99. The van der Waals surface area contributed by atoms with Gasteiger partial charge in [0.15, 0.2) is 11.0 Å². The molecule has 0 aliphatic rings. The summed E-state index contributed by atoms with van der Waals surface area (Å²) in [5, 5.41) is 21.8. The third-order valence-corrected chi connectivity index (χ3v) is 3.90. The van der Waals surface area contributed by atoms with E-state index in [1.165, 1.54) is 0 Å². The fourth-order valence-electron chi connectivity index (χ4n) is 1.88. The highest BCUT2D eigenvalue weighted by Crippen LogP contribution is 2.27. The zero-order valence-electron chi connectivity index (χ0n) is 11.2. The largest absolute Gasteiger partial charge is 0.481 e. The molecule has 0 bridgehead atoms. The molecular weight excluding hydrogens is 266 g/mol. The van der Waals surface area contributed by atoms with Crippen molar-refractivity contribution in [3.05, 3.63) is 11.4 Å². The molecule has 0 spiro atoms. The highest BCUT2D eigenvalue weighted by atomic mass is 32.2. The molecule has 0 fully saturated rings. The third-order valence-electron chi connectivity index (χ3n) is 2.89. The molecule has 0 radical (unpaired) electrons. The molecule has 2 heterocycles. The van der Waals surface area contributed by atoms with E-state index in [9.17, 15) is 4.79 Å². The Morgan fingerprint density at radius 3 is 2.53 bits per heavy atom. The quantitative estimate of drug-likeness (QED) is 0.842. The van der Waals surface area contributed by atoms with Crippen molar-refractivity contribution in [3.63, 3.8) is 0 Å². The van der Waals surface area contributed by atoms with Gasteiger partial charge in [0.1, 0.15) is 0 Å². The first-order chi connectivity index (χ1) is 8.91. The number of thioether (sulfide) groups is 1. The summed E-state index contributed by atoms with van der Waals surface area (Å²) < 4.78 is 3.59. The van der Waals surface area contributed by atoms with Crippen LogP contribution in [0.15, 0.2) is 5.16 Å². The normalized spacial score (nSPS) is 10.9. The third kappa shape index (κ3) is 2.48. The van der Waals surface area contributed by atoms with Crippen molar-refractivity contribution in [3.8, 4) is 11.4 Å². The first kappa shape index (κ1) is 13.6. The van der Waals surface area contributed by atoms with Gasteiger partial charge in [0, 0.05) is 19.8 Å². The number of carboxylic acids is 1. The SMILES string of the molecule is Cc1nn(C)c(C)c1-c1nnc(SCC(=O)O)n1C. The van der Waals surface area contributed by atoms with Crippen LogP contribution in [0.4, 0.5) is 0 Å². The maximum absolute atomic E-state index is 10.6. The molecule has 102 valence electrons. The van der Waals surface area contributed by atoms with Gasteiger partial charge in [-0.1, -0.05) is 11.8 Å². The lowest BCUT2D eigenvalue weighted by Gasteiger charge is -2.03. The number of rotatable bonds is 4. The minimum atomic E-state index is -0.872. The van der Waals surface area contributed by atoms with Crippen LogP contribution in [0.25, 0.3) is 11.4 Å². The molecule has 19 heavy (non-hydrogen) atoms. The number of hydrogen-bond donors (Lipinski definition) is 1. The second-order valence-electron chi connectivity index (χ2n) is 4.22. The van der Waals surface area contributed by atoms with Crippen LogP contribution in [-0.2, 0) is 18.9 Å². The summed E-state index contributed by atoms with van der Waals surface area (Å²) in [6.45, 7) is 3.88. The van der Waals surface area contributed by atoms with Gasteiger partial charge in [-0.3, -0.25) is 9.48 Å². The van der Waals surface area contributed by atoms with Gasteiger partial charge in [-0.15, -0.1) is 10.2 Å². The first-order valence-corrected chi connectivity index (χ1v) is 6.65. The molecule has 0 unspecified atom stereocenters. The smallest absolute Gasteiger partial charge is 0.313 e. The standard InChI is InChI=1S/C11H15N5O2S/c1-6-9(7(2)16(4)14-6)10-12-13-11(15(10)3)19-5-8(17)18/h5H2,1-4H3,(H,17,18). The molecular formula is C11H15N5O2S. The van der Waals surface area contributed by atoms with Gasteiger partial charge >= 0.3 is 5.97 Å². The topological polar surface area (TPSA) is 85.8 Å². The predicted molar refractivity (Wildman–Crippen MR) is 71.0 cm³/mol. The van der Waals surface area contributed by atoms with Gasteiger partial charge in [-0.25, -0.2) is 0 Å². The van der Waals surface area contributed by atoms with E-state index in [4.69, 9.17) is 5.11 Å². The van der Waals surface area contributed by atoms with Crippen LogP contribution in [0, 0.1) is 13.8 Å². The van der Waals surface area contributed by atoms with Crippen molar-refractivity contribution in [2.45, 2.75) is 19.0 Å². The summed E-state index contributed by atoms with van der Waals surface area (Å²) in [7, 11) is 3.70. The van der Waals surface area contributed by atoms with Crippen LogP contribution >= 0.6 is 11.8 Å². The molecule has 2 aromatic heterocycles. The van der Waals surface area contributed by atoms with E-state index in [2.05, 4.69) is 15.3 Å². The zero-order chi connectivity index (χ0) is 14.2. The number of aliphatic carboxylic acids is 1. The van der Waals surface area contributed by atoms with E-state index in [1.807, 2.05) is 27.9 Å². The lowest BCUT2D eigenvalue weighted by atomic mass is 10.2. The van der Waals surface area contributed by atoms with Crippen LogP contribution in [0.3, 0.4) is 0 Å². The van der Waals surface area contributed by atoms with Gasteiger partial charge in [-0.2, -0.15) is 5.10 Å². The minimum absolute atomic E-state index is 0.0308. The Morgan fingerprint density at radius 2 is 2.00 bits per heavy atom. The minimum Gasteiger partial charge on any atom is -0.481 e. The van der Waals surface area contributed by atoms with Crippen molar-refractivity contribution in [2.24, 2.45) is 14.1 Å². The number of carbonyl (C=O) groups is 1. The number of aryl methyl sites for hydroxylation is 2.